The van der Waals surface area contributed by atoms with E-state index in [2.05, 4.69) is 4.72 Å². The van der Waals surface area contributed by atoms with Gasteiger partial charge in [0.1, 0.15) is 10.7 Å². The second-order valence-electron chi connectivity index (χ2n) is 4.07. The Bertz CT molecular complexity index is 476. The summed E-state index contributed by atoms with van der Waals surface area (Å²) in [6.07, 6.45) is 2.23. The molecule has 0 amide bonds. The number of aliphatic hydroxyl groups is 1. The number of nitrogens with one attached hydrogen (secondary N) is 1. The van der Waals surface area contributed by atoms with E-state index in [1.165, 1.54) is 18.2 Å². The first kappa shape index (κ1) is 15.1. The van der Waals surface area contributed by atoms with Crippen molar-refractivity contribution in [1.82, 2.24) is 4.72 Å². The molecule has 1 unspecified atom stereocenters. The van der Waals surface area contributed by atoms with Gasteiger partial charge in [-0.25, -0.2) is 17.5 Å². The third-order valence-electron chi connectivity index (χ3n) is 2.57. The average molecular weight is 275 g/mol. The molecule has 102 valence electrons. The number of rotatable bonds is 7. The number of aliphatic hydroxyl groups excluding tert-OH is 1. The minimum Gasteiger partial charge on any atom is -0.395 e. The zero-order valence-corrected chi connectivity index (χ0v) is 11.1. The summed E-state index contributed by atoms with van der Waals surface area (Å²) in [7, 11) is -3.92. The van der Waals surface area contributed by atoms with E-state index in [1.807, 2.05) is 6.92 Å². The Morgan fingerprint density at radius 3 is 2.61 bits per heavy atom. The zero-order chi connectivity index (χ0) is 13.6. The molecule has 0 bridgehead atoms. The van der Waals surface area contributed by atoms with Crippen molar-refractivity contribution in [1.29, 1.82) is 0 Å². The second kappa shape index (κ2) is 6.82. The van der Waals surface area contributed by atoms with Gasteiger partial charge in [0, 0.05) is 6.04 Å². The van der Waals surface area contributed by atoms with E-state index in [0.29, 0.717) is 6.42 Å². The second-order valence-corrected chi connectivity index (χ2v) is 5.76. The van der Waals surface area contributed by atoms with Gasteiger partial charge in [0.05, 0.1) is 6.61 Å². The fourth-order valence-electron chi connectivity index (χ4n) is 1.58. The molecular formula is C12H18FNO3S. The van der Waals surface area contributed by atoms with Crippen LogP contribution in [0.2, 0.25) is 0 Å². The van der Waals surface area contributed by atoms with Gasteiger partial charge in [0.15, 0.2) is 0 Å². The van der Waals surface area contributed by atoms with E-state index in [9.17, 15) is 12.8 Å². The first-order valence-electron chi connectivity index (χ1n) is 5.89. The smallest absolute Gasteiger partial charge is 0.243 e. The first-order valence-corrected chi connectivity index (χ1v) is 7.37. The van der Waals surface area contributed by atoms with Crippen molar-refractivity contribution in [2.24, 2.45) is 0 Å². The summed E-state index contributed by atoms with van der Waals surface area (Å²) in [4.78, 5) is -0.389. The Labute approximate surface area is 107 Å². The lowest BCUT2D eigenvalue weighted by Crippen LogP contribution is -2.37. The van der Waals surface area contributed by atoms with Crippen molar-refractivity contribution in [3.8, 4) is 0 Å². The highest BCUT2D eigenvalue weighted by Gasteiger charge is 2.22. The summed E-state index contributed by atoms with van der Waals surface area (Å²) in [6, 6.07) is 4.60. The van der Waals surface area contributed by atoms with E-state index in [4.69, 9.17) is 5.11 Å². The van der Waals surface area contributed by atoms with Crippen LogP contribution in [0.3, 0.4) is 0 Å². The van der Waals surface area contributed by atoms with E-state index in [0.717, 1.165) is 18.9 Å². The Balaban J connectivity index is 2.84. The molecule has 0 aliphatic heterocycles. The lowest BCUT2D eigenvalue weighted by molar-refractivity contribution is 0.248. The topological polar surface area (TPSA) is 66.4 Å². The van der Waals surface area contributed by atoms with Crippen molar-refractivity contribution in [3.63, 3.8) is 0 Å². The summed E-state index contributed by atoms with van der Waals surface area (Å²) < 4.78 is 39.6. The van der Waals surface area contributed by atoms with Crippen molar-refractivity contribution < 1.29 is 17.9 Å². The number of hydrogen-bond acceptors (Lipinski definition) is 3. The summed E-state index contributed by atoms with van der Waals surface area (Å²) >= 11 is 0. The zero-order valence-electron chi connectivity index (χ0n) is 10.3. The van der Waals surface area contributed by atoms with Crippen molar-refractivity contribution >= 4 is 10.0 Å². The van der Waals surface area contributed by atoms with Gasteiger partial charge in [-0.05, 0) is 18.6 Å². The molecular weight excluding hydrogens is 257 g/mol. The highest BCUT2D eigenvalue weighted by molar-refractivity contribution is 7.89. The molecule has 1 aromatic rings. The predicted octanol–water partition coefficient (Wildman–Crippen LogP) is 1.66. The number of sulfonamides is 1. The van der Waals surface area contributed by atoms with E-state index in [1.54, 1.807) is 0 Å². The third-order valence-corrected chi connectivity index (χ3v) is 4.13. The van der Waals surface area contributed by atoms with Gasteiger partial charge in [-0.2, -0.15) is 0 Å². The summed E-state index contributed by atoms with van der Waals surface area (Å²) in [5.41, 5.74) is 0. The Morgan fingerprint density at radius 1 is 1.39 bits per heavy atom. The molecule has 6 heteroatoms. The van der Waals surface area contributed by atoms with Gasteiger partial charge >= 0.3 is 0 Å². The van der Waals surface area contributed by atoms with Crippen LogP contribution in [-0.4, -0.2) is 26.2 Å². The molecule has 18 heavy (non-hydrogen) atoms. The van der Waals surface area contributed by atoms with Crippen LogP contribution < -0.4 is 4.72 Å². The molecule has 0 spiro atoms. The van der Waals surface area contributed by atoms with Crippen LogP contribution in [0.25, 0.3) is 0 Å². The van der Waals surface area contributed by atoms with Crippen molar-refractivity contribution in [2.75, 3.05) is 6.61 Å². The summed E-state index contributed by atoms with van der Waals surface area (Å²) in [5, 5.41) is 9.11. The van der Waals surface area contributed by atoms with Gasteiger partial charge in [-0.1, -0.05) is 31.9 Å². The summed E-state index contributed by atoms with van der Waals surface area (Å²) in [6.45, 7) is 1.67. The highest BCUT2D eigenvalue weighted by atomic mass is 32.2. The molecule has 4 nitrogen and oxygen atoms in total. The largest absolute Gasteiger partial charge is 0.395 e. The SMILES string of the molecule is CCCCC(CO)NS(=O)(=O)c1ccccc1F. The molecule has 1 rings (SSSR count). The van der Waals surface area contributed by atoms with Crippen LogP contribution in [0, 0.1) is 5.82 Å². The first-order chi connectivity index (χ1) is 8.51. The van der Waals surface area contributed by atoms with Crippen molar-refractivity contribution in [3.05, 3.63) is 30.1 Å². The van der Waals surface area contributed by atoms with Crippen LogP contribution in [0.5, 0.6) is 0 Å². The van der Waals surface area contributed by atoms with E-state index >= 15 is 0 Å². The van der Waals surface area contributed by atoms with Crippen LogP contribution in [0.1, 0.15) is 26.2 Å². The fourth-order valence-corrected chi connectivity index (χ4v) is 2.92. The monoisotopic (exact) mass is 275 g/mol. The maximum Gasteiger partial charge on any atom is 0.243 e. The lowest BCUT2D eigenvalue weighted by atomic mass is 10.1. The Kier molecular flexibility index (Phi) is 5.71. The number of benzene rings is 1. The van der Waals surface area contributed by atoms with E-state index in [-0.39, 0.29) is 11.5 Å². The number of unbranched alkanes of at least 4 members (excludes halogenated alkanes) is 1. The van der Waals surface area contributed by atoms with E-state index < -0.39 is 21.9 Å². The standard InChI is InChI=1S/C12H18FNO3S/c1-2-3-6-10(9-15)14-18(16,17)12-8-5-4-7-11(12)13/h4-5,7-8,10,14-15H,2-3,6,9H2,1H3. The quantitative estimate of drug-likeness (QED) is 0.795. The van der Waals surface area contributed by atoms with Crippen LogP contribution in [0.15, 0.2) is 29.2 Å². The minimum absolute atomic E-state index is 0.298. The third kappa shape index (κ3) is 4.04. The van der Waals surface area contributed by atoms with Gasteiger partial charge in [-0.3, -0.25) is 0 Å². The van der Waals surface area contributed by atoms with Crippen LogP contribution in [-0.2, 0) is 10.0 Å². The Morgan fingerprint density at radius 2 is 2.06 bits per heavy atom. The lowest BCUT2D eigenvalue weighted by Gasteiger charge is -2.16. The average Bonchev–Trinajstić information content (AvgIpc) is 2.34. The fraction of sp³-hybridized carbons (Fsp3) is 0.500. The number of halogens is 1. The van der Waals surface area contributed by atoms with Gasteiger partial charge in [0.2, 0.25) is 10.0 Å². The van der Waals surface area contributed by atoms with Gasteiger partial charge in [-0.15, -0.1) is 0 Å². The molecule has 0 aromatic heterocycles. The predicted molar refractivity (Wildman–Crippen MR) is 67.1 cm³/mol. The molecule has 0 heterocycles. The molecule has 0 radical (unpaired) electrons. The molecule has 2 N–H and O–H groups in total. The van der Waals surface area contributed by atoms with Gasteiger partial charge < -0.3 is 5.11 Å². The maximum absolute atomic E-state index is 13.4. The van der Waals surface area contributed by atoms with Crippen LogP contribution >= 0.6 is 0 Å². The minimum atomic E-state index is -3.92. The van der Waals surface area contributed by atoms with Crippen molar-refractivity contribution in [2.45, 2.75) is 37.1 Å². The van der Waals surface area contributed by atoms with Gasteiger partial charge in [0.25, 0.3) is 0 Å². The number of hydrogen-bond donors (Lipinski definition) is 2. The molecule has 1 aromatic carbocycles. The maximum atomic E-state index is 13.4. The molecule has 0 aliphatic carbocycles. The molecule has 0 aliphatic rings. The molecule has 0 saturated carbocycles. The molecule has 0 fully saturated rings. The summed E-state index contributed by atoms with van der Waals surface area (Å²) in [5.74, 6) is -0.794. The molecule has 1 atom stereocenters. The Hall–Kier alpha value is -0.980. The molecule has 0 saturated heterocycles. The normalized spacial score (nSPS) is 13.5. The highest BCUT2D eigenvalue weighted by Crippen LogP contribution is 2.14. The van der Waals surface area contributed by atoms with Crippen LogP contribution in [0.4, 0.5) is 4.39 Å².